The van der Waals surface area contributed by atoms with Crippen molar-refractivity contribution in [2.75, 3.05) is 25.0 Å². The van der Waals surface area contributed by atoms with Gasteiger partial charge in [0.1, 0.15) is 6.61 Å². The molecule has 1 heterocycles. The maximum absolute atomic E-state index is 12.0. The predicted octanol–water partition coefficient (Wildman–Crippen LogP) is 1.38. The lowest BCUT2D eigenvalue weighted by Gasteiger charge is -2.21. The van der Waals surface area contributed by atoms with Gasteiger partial charge in [0, 0.05) is 13.1 Å². The first kappa shape index (κ1) is 12.2. The third kappa shape index (κ3) is 2.54. The fourth-order valence-electron chi connectivity index (χ4n) is 1.74. The van der Waals surface area contributed by atoms with E-state index in [-0.39, 0.29) is 11.8 Å². The molecule has 1 atom stereocenters. The number of hydrogen-bond donors (Lipinski definition) is 2. The van der Waals surface area contributed by atoms with Crippen molar-refractivity contribution in [3.05, 3.63) is 23.8 Å². The molecule has 0 aliphatic carbocycles. The molecule has 5 heteroatoms. The van der Waals surface area contributed by atoms with E-state index in [1.165, 1.54) is 0 Å². The van der Waals surface area contributed by atoms with Crippen molar-refractivity contribution in [3.8, 4) is 11.8 Å². The van der Waals surface area contributed by atoms with E-state index < -0.39 is 0 Å². The summed E-state index contributed by atoms with van der Waals surface area (Å²) in [5.74, 6) is 0.177. The highest BCUT2D eigenvalue weighted by Gasteiger charge is 2.18. The van der Waals surface area contributed by atoms with E-state index in [2.05, 4.69) is 16.7 Å². The Morgan fingerprint density at radius 2 is 2.50 bits per heavy atom. The molecule has 1 aromatic carbocycles. The standard InChI is InChI=1S/C13H15N3O2/c1-9(7-14)8-16-13(17)10-3-2-4-11-12(10)18-6-5-15-11/h2-4,9,15H,5-6,8H2,1H3,(H,16,17). The summed E-state index contributed by atoms with van der Waals surface area (Å²) in [5, 5.41) is 14.6. The number of nitriles is 1. The molecule has 0 saturated carbocycles. The van der Waals surface area contributed by atoms with Gasteiger partial charge in [-0.15, -0.1) is 0 Å². The van der Waals surface area contributed by atoms with E-state index in [1.54, 1.807) is 13.0 Å². The molecular weight excluding hydrogens is 230 g/mol. The molecule has 0 saturated heterocycles. The van der Waals surface area contributed by atoms with E-state index in [0.717, 1.165) is 12.2 Å². The Bertz CT molecular complexity index is 493. The second-order valence-corrected chi connectivity index (χ2v) is 4.20. The van der Waals surface area contributed by atoms with Crippen LogP contribution in [0.15, 0.2) is 18.2 Å². The minimum atomic E-state index is -0.211. The Morgan fingerprint density at radius 3 is 3.28 bits per heavy atom. The van der Waals surface area contributed by atoms with Crippen LogP contribution in [0.4, 0.5) is 5.69 Å². The SMILES string of the molecule is CC(C#N)CNC(=O)c1cccc2c1OCCN2. The molecule has 1 unspecified atom stereocenters. The summed E-state index contributed by atoms with van der Waals surface area (Å²) < 4.78 is 5.52. The quantitative estimate of drug-likeness (QED) is 0.843. The number of amides is 1. The van der Waals surface area contributed by atoms with Crippen LogP contribution < -0.4 is 15.4 Å². The second kappa shape index (κ2) is 5.41. The van der Waals surface area contributed by atoms with Crippen LogP contribution in [0.25, 0.3) is 0 Å². The molecule has 2 N–H and O–H groups in total. The molecule has 0 radical (unpaired) electrons. The van der Waals surface area contributed by atoms with Gasteiger partial charge in [0.15, 0.2) is 5.75 Å². The fraction of sp³-hybridized carbons (Fsp3) is 0.385. The molecule has 1 aromatic rings. The van der Waals surface area contributed by atoms with Gasteiger partial charge in [-0.05, 0) is 19.1 Å². The van der Waals surface area contributed by atoms with Crippen LogP contribution in [0.2, 0.25) is 0 Å². The van der Waals surface area contributed by atoms with Gasteiger partial charge in [-0.25, -0.2) is 0 Å². The second-order valence-electron chi connectivity index (χ2n) is 4.20. The van der Waals surface area contributed by atoms with Gasteiger partial charge in [0.2, 0.25) is 0 Å². The molecule has 0 spiro atoms. The average Bonchev–Trinajstić information content (AvgIpc) is 2.43. The number of carbonyl (C=O) groups excluding carboxylic acids is 1. The smallest absolute Gasteiger partial charge is 0.255 e. The first-order chi connectivity index (χ1) is 8.72. The maximum atomic E-state index is 12.0. The van der Waals surface area contributed by atoms with Gasteiger partial charge in [0.25, 0.3) is 5.91 Å². The van der Waals surface area contributed by atoms with Crippen LogP contribution in [0.1, 0.15) is 17.3 Å². The Hall–Kier alpha value is -2.22. The largest absolute Gasteiger partial charge is 0.489 e. The molecule has 18 heavy (non-hydrogen) atoms. The van der Waals surface area contributed by atoms with E-state index in [0.29, 0.717) is 24.5 Å². The summed E-state index contributed by atoms with van der Waals surface area (Å²) in [5.41, 5.74) is 1.34. The van der Waals surface area contributed by atoms with Gasteiger partial charge in [0.05, 0.1) is 23.2 Å². The number of anilines is 1. The van der Waals surface area contributed by atoms with E-state index in [4.69, 9.17) is 10.00 Å². The van der Waals surface area contributed by atoms with Crippen molar-refractivity contribution in [2.24, 2.45) is 5.92 Å². The van der Waals surface area contributed by atoms with E-state index in [9.17, 15) is 4.79 Å². The van der Waals surface area contributed by atoms with Crippen LogP contribution in [0.5, 0.6) is 5.75 Å². The van der Waals surface area contributed by atoms with Gasteiger partial charge in [-0.1, -0.05) is 6.07 Å². The molecule has 5 nitrogen and oxygen atoms in total. The number of rotatable bonds is 3. The van der Waals surface area contributed by atoms with Crippen LogP contribution in [-0.2, 0) is 0 Å². The van der Waals surface area contributed by atoms with Crippen molar-refractivity contribution in [1.29, 1.82) is 5.26 Å². The molecular formula is C13H15N3O2. The first-order valence-corrected chi connectivity index (χ1v) is 5.90. The maximum Gasteiger partial charge on any atom is 0.255 e. The van der Waals surface area contributed by atoms with Crippen LogP contribution in [-0.4, -0.2) is 25.6 Å². The molecule has 0 bridgehead atoms. The molecule has 1 aliphatic heterocycles. The normalized spacial score (nSPS) is 14.4. The number of fused-ring (bicyclic) bond motifs is 1. The molecule has 94 valence electrons. The number of ether oxygens (including phenoxy) is 1. The van der Waals surface area contributed by atoms with Crippen LogP contribution in [0.3, 0.4) is 0 Å². The molecule has 2 rings (SSSR count). The minimum absolute atomic E-state index is 0.201. The van der Waals surface area contributed by atoms with E-state index >= 15 is 0 Å². The zero-order valence-corrected chi connectivity index (χ0v) is 10.2. The number of nitrogens with zero attached hydrogens (tertiary/aromatic N) is 1. The first-order valence-electron chi connectivity index (χ1n) is 5.90. The van der Waals surface area contributed by atoms with Crippen LogP contribution >= 0.6 is 0 Å². The fourth-order valence-corrected chi connectivity index (χ4v) is 1.74. The van der Waals surface area contributed by atoms with E-state index in [1.807, 2.05) is 12.1 Å². The van der Waals surface area contributed by atoms with Crippen molar-refractivity contribution in [3.63, 3.8) is 0 Å². The summed E-state index contributed by atoms with van der Waals surface area (Å²) in [6.45, 7) is 3.39. The summed E-state index contributed by atoms with van der Waals surface area (Å²) in [6, 6.07) is 7.48. The van der Waals surface area contributed by atoms with Crippen molar-refractivity contribution in [2.45, 2.75) is 6.92 Å². The number of para-hydroxylation sites is 1. The number of hydrogen-bond acceptors (Lipinski definition) is 4. The van der Waals surface area contributed by atoms with Crippen molar-refractivity contribution < 1.29 is 9.53 Å². The Morgan fingerprint density at radius 1 is 1.67 bits per heavy atom. The number of nitrogens with one attached hydrogen (secondary N) is 2. The highest BCUT2D eigenvalue weighted by atomic mass is 16.5. The predicted molar refractivity (Wildman–Crippen MR) is 67.5 cm³/mol. The average molecular weight is 245 g/mol. The minimum Gasteiger partial charge on any atom is -0.489 e. The molecule has 0 aromatic heterocycles. The highest BCUT2D eigenvalue weighted by molar-refractivity contribution is 5.99. The van der Waals surface area contributed by atoms with Crippen LogP contribution in [0, 0.1) is 17.2 Å². The lowest BCUT2D eigenvalue weighted by Crippen LogP contribution is -2.29. The topological polar surface area (TPSA) is 74.2 Å². The number of carbonyl (C=O) groups is 1. The highest BCUT2D eigenvalue weighted by Crippen LogP contribution is 2.30. The Balaban J connectivity index is 2.13. The summed E-state index contributed by atoms with van der Waals surface area (Å²) in [7, 11) is 0. The summed E-state index contributed by atoms with van der Waals surface area (Å²) in [4.78, 5) is 12.0. The molecule has 1 aliphatic rings. The Labute approximate surface area is 106 Å². The van der Waals surface area contributed by atoms with Gasteiger partial charge < -0.3 is 15.4 Å². The summed E-state index contributed by atoms with van der Waals surface area (Å²) >= 11 is 0. The lowest BCUT2D eigenvalue weighted by atomic mass is 10.1. The zero-order chi connectivity index (χ0) is 13.0. The van der Waals surface area contributed by atoms with Crippen molar-refractivity contribution >= 4 is 11.6 Å². The van der Waals surface area contributed by atoms with Crippen molar-refractivity contribution in [1.82, 2.24) is 5.32 Å². The number of benzene rings is 1. The third-order valence-electron chi connectivity index (χ3n) is 2.71. The molecule has 0 fully saturated rings. The lowest BCUT2D eigenvalue weighted by molar-refractivity contribution is 0.0946. The third-order valence-corrected chi connectivity index (χ3v) is 2.71. The monoisotopic (exact) mass is 245 g/mol. The molecule has 1 amide bonds. The van der Waals surface area contributed by atoms with Gasteiger partial charge in [-0.3, -0.25) is 4.79 Å². The zero-order valence-electron chi connectivity index (χ0n) is 10.2. The summed E-state index contributed by atoms with van der Waals surface area (Å²) in [6.07, 6.45) is 0. The van der Waals surface area contributed by atoms with Gasteiger partial charge >= 0.3 is 0 Å². The Kier molecular flexibility index (Phi) is 3.68. The van der Waals surface area contributed by atoms with Gasteiger partial charge in [-0.2, -0.15) is 5.26 Å².